The lowest BCUT2D eigenvalue weighted by Crippen LogP contribution is -2.15. The molecule has 1 amide bonds. The molecule has 0 aliphatic heterocycles. The van der Waals surface area contributed by atoms with Gasteiger partial charge in [-0.05, 0) is 66.2 Å². The van der Waals surface area contributed by atoms with E-state index in [1.165, 1.54) is 35.6 Å². The molecule has 0 unspecified atom stereocenters. The molecule has 0 spiro atoms. The van der Waals surface area contributed by atoms with Crippen LogP contribution in [-0.4, -0.2) is 24.3 Å². The van der Waals surface area contributed by atoms with Crippen molar-refractivity contribution >= 4 is 54.7 Å². The smallest absolute Gasteiger partial charge is 0.265 e. The van der Waals surface area contributed by atoms with Crippen molar-refractivity contribution in [3.05, 3.63) is 62.6 Å². The molecular weight excluding hydrogens is 452 g/mol. The van der Waals surface area contributed by atoms with E-state index in [2.05, 4.69) is 35.9 Å². The summed E-state index contributed by atoms with van der Waals surface area (Å²) < 4.78 is 28.3. The van der Waals surface area contributed by atoms with Crippen LogP contribution in [0.2, 0.25) is 0 Å². The summed E-state index contributed by atoms with van der Waals surface area (Å²) >= 11 is 4.62. The summed E-state index contributed by atoms with van der Waals surface area (Å²) in [5, 5.41) is 2.73. The molecule has 0 aliphatic carbocycles. The normalized spacial score (nSPS) is 11.2. The number of amides is 1. The van der Waals surface area contributed by atoms with Gasteiger partial charge in [0.2, 0.25) is 0 Å². The summed E-state index contributed by atoms with van der Waals surface area (Å²) in [6.07, 6.45) is 0. The Morgan fingerprint density at radius 1 is 1.07 bits per heavy atom. The van der Waals surface area contributed by atoms with Crippen LogP contribution in [0.25, 0.3) is 0 Å². The van der Waals surface area contributed by atoms with Crippen LogP contribution in [0.5, 0.6) is 0 Å². The lowest BCUT2D eigenvalue weighted by atomic mass is 10.3. The zero-order valence-electron chi connectivity index (χ0n) is 14.4. The maximum absolute atomic E-state index is 12.5. The van der Waals surface area contributed by atoms with Gasteiger partial charge < -0.3 is 5.32 Å². The summed E-state index contributed by atoms with van der Waals surface area (Å²) in [6, 6.07) is 11.0. The monoisotopic (exact) mass is 466 g/mol. The fourth-order valence-electron chi connectivity index (χ4n) is 2.31. The van der Waals surface area contributed by atoms with Crippen molar-refractivity contribution in [3.63, 3.8) is 0 Å². The molecule has 0 bridgehead atoms. The van der Waals surface area contributed by atoms with Crippen LogP contribution in [-0.2, 0) is 10.0 Å². The van der Waals surface area contributed by atoms with Crippen LogP contribution >= 0.6 is 27.3 Å². The van der Waals surface area contributed by atoms with Gasteiger partial charge in [-0.25, -0.2) is 18.4 Å². The van der Waals surface area contributed by atoms with E-state index in [-0.39, 0.29) is 16.6 Å². The van der Waals surface area contributed by atoms with E-state index in [0.29, 0.717) is 22.1 Å². The molecular formula is C17H15BrN4O3S2. The Balaban J connectivity index is 1.74. The predicted molar refractivity (Wildman–Crippen MR) is 109 cm³/mol. The highest BCUT2D eigenvalue weighted by Crippen LogP contribution is 2.23. The Hall–Kier alpha value is -2.30. The van der Waals surface area contributed by atoms with Gasteiger partial charge >= 0.3 is 0 Å². The van der Waals surface area contributed by atoms with Gasteiger partial charge in [-0.3, -0.25) is 9.52 Å². The number of sulfonamides is 1. The van der Waals surface area contributed by atoms with Crippen LogP contribution in [0.3, 0.4) is 0 Å². The predicted octanol–water partition coefficient (Wildman–Crippen LogP) is 3.97. The lowest BCUT2D eigenvalue weighted by Gasteiger charge is -2.09. The molecule has 0 aliphatic rings. The number of rotatable bonds is 5. The minimum Gasteiger partial charge on any atom is -0.321 e. The van der Waals surface area contributed by atoms with Crippen LogP contribution in [0.1, 0.15) is 21.2 Å². The largest absolute Gasteiger partial charge is 0.321 e. The number of hydrogen-bond donors (Lipinski definition) is 2. The SMILES string of the molecule is Cc1cc(NS(=O)(=O)c2ccc(NC(=O)c3ccc(Br)s3)cc2)nc(C)n1. The standard InChI is InChI=1S/C17H15BrN4O3S2/c1-10-9-16(20-11(2)19-10)22-27(24,25)13-5-3-12(4-6-13)21-17(23)14-7-8-15(18)26-14/h3-9H,1-2H3,(H,21,23)(H,19,20,22). The van der Waals surface area contributed by atoms with Gasteiger partial charge in [0.1, 0.15) is 11.6 Å². The number of aryl methyl sites for hydroxylation is 2. The van der Waals surface area contributed by atoms with E-state index >= 15 is 0 Å². The first-order chi connectivity index (χ1) is 12.7. The molecule has 10 heteroatoms. The highest BCUT2D eigenvalue weighted by Gasteiger charge is 2.16. The fraction of sp³-hybridized carbons (Fsp3) is 0.118. The Bertz CT molecular complexity index is 1080. The second-order valence-electron chi connectivity index (χ2n) is 5.63. The van der Waals surface area contributed by atoms with E-state index in [1.54, 1.807) is 32.0 Å². The lowest BCUT2D eigenvalue weighted by molar-refractivity contribution is 0.103. The number of aromatic nitrogens is 2. The van der Waals surface area contributed by atoms with Gasteiger partial charge in [-0.15, -0.1) is 11.3 Å². The maximum atomic E-state index is 12.5. The number of nitrogens with one attached hydrogen (secondary N) is 2. The van der Waals surface area contributed by atoms with E-state index in [1.807, 2.05) is 0 Å². The molecule has 2 aromatic heterocycles. The third-order valence-corrected chi connectivity index (χ3v) is 6.42. The zero-order chi connectivity index (χ0) is 19.6. The summed E-state index contributed by atoms with van der Waals surface area (Å²) in [5.74, 6) is 0.429. The molecule has 7 nitrogen and oxygen atoms in total. The van der Waals surface area contributed by atoms with Crippen LogP contribution in [0.4, 0.5) is 11.5 Å². The van der Waals surface area contributed by atoms with E-state index in [0.717, 1.165) is 3.79 Å². The summed E-state index contributed by atoms with van der Waals surface area (Å²) in [6.45, 7) is 3.45. The van der Waals surface area contributed by atoms with Crippen LogP contribution in [0, 0.1) is 13.8 Å². The third kappa shape index (κ3) is 4.90. The molecule has 2 heterocycles. The Labute approximate surface area is 169 Å². The Morgan fingerprint density at radius 2 is 1.78 bits per heavy atom. The van der Waals surface area contributed by atoms with E-state index < -0.39 is 10.0 Å². The highest BCUT2D eigenvalue weighted by molar-refractivity contribution is 9.11. The highest BCUT2D eigenvalue weighted by atomic mass is 79.9. The van der Waals surface area contributed by atoms with Crippen molar-refractivity contribution in [1.82, 2.24) is 9.97 Å². The molecule has 0 atom stereocenters. The Kier molecular flexibility index (Phi) is 5.59. The second-order valence-corrected chi connectivity index (χ2v) is 9.77. The van der Waals surface area contributed by atoms with Crippen molar-refractivity contribution in [3.8, 4) is 0 Å². The number of hydrogen-bond acceptors (Lipinski definition) is 6. The van der Waals surface area contributed by atoms with Gasteiger partial charge in [-0.1, -0.05) is 0 Å². The van der Waals surface area contributed by atoms with Crippen molar-refractivity contribution in [2.24, 2.45) is 0 Å². The molecule has 140 valence electrons. The number of carbonyl (C=O) groups is 1. The number of carbonyl (C=O) groups excluding carboxylic acids is 1. The van der Waals surface area contributed by atoms with Crippen molar-refractivity contribution < 1.29 is 13.2 Å². The summed E-state index contributed by atoms with van der Waals surface area (Å²) in [7, 11) is -3.80. The second kappa shape index (κ2) is 7.75. The van der Waals surface area contributed by atoms with Gasteiger partial charge in [-0.2, -0.15) is 0 Å². The third-order valence-electron chi connectivity index (χ3n) is 3.42. The number of nitrogens with zero attached hydrogens (tertiary/aromatic N) is 2. The molecule has 0 fully saturated rings. The zero-order valence-corrected chi connectivity index (χ0v) is 17.6. The van der Waals surface area contributed by atoms with Crippen molar-refractivity contribution in [1.29, 1.82) is 0 Å². The first kappa shape index (κ1) is 19.5. The molecule has 3 rings (SSSR count). The summed E-state index contributed by atoms with van der Waals surface area (Å²) in [5.41, 5.74) is 1.16. The molecule has 0 saturated heterocycles. The van der Waals surface area contributed by atoms with Gasteiger partial charge in [0.25, 0.3) is 15.9 Å². The van der Waals surface area contributed by atoms with E-state index in [9.17, 15) is 13.2 Å². The van der Waals surface area contributed by atoms with Gasteiger partial charge in [0.15, 0.2) is 0 Å². The van der Waals surface area contributed by atoms with Gasteiger partial charge in [0, 0.05) is 17.4 Å². The number of halogens is 1. The van der Waals surface area contributed by atoms with Crippen LogP contribution in [0.15, 0.2) is 51.1 Å². The fourth-order valence-corrected chi connectivity index (χ4v) is 4.59. The number of benzene rings is 1. The average Bonchev–Trinajstić information content (AvgIpc) is 3.00. The first-order valence-electron chi connectivity index (χ1n) is 7.75. The molecule has 3 aromatic rings. The van der Waals surface area contributed by atoms with E-state index in [4.69, 9.17) is 0 Å². The molecule has 2 N–H and O–H groups in total. The minimum absolute atomic E-state index is 0.0632. The summed E-state index contributed by atoms with van der Waals surface area (Å²) in [4.78, 5) is 21.0. The Morgan fingerprint density at radius 3 is 2.37 bits per heavy atom. The molecule has 27 heavy (non-hydrogen) atoms. The van der Waals surface area contributed by atoms with Gasteiger partial charge in [0.05, 0.1) is 13.6 Å². The minimum atomic E-state index is -3.80. The first-order valence-corrected chi connectivity index (χ1v) is 10.8. The quantitative estimate of drug-likeness (QED) is 0.592. The van der Waals surface area contributed by atoms with Crippen molar-refractivity contribution in [2.75, 3.05) is 10.0 Å². The van der Waals surface area contributed by atoms with Crippen molar-refractivity contribution in [2.45, 2.75) is 18.7 Å². The van der Waals surface area contributed by atoms with Crippen LogP contribution < -0.4 is 10.0 Å². The molecule has 0 radical (unpaired) electrons. The topological polar surface area (TPSA) is 101 Å². The number of thiophene rings is 1. The number of anilines is 2. The molecule has 0 saturated carbocycles. The average molecular weight is 467 g/mol. The maximum Gasteiger partial charge on any atom is 0.265 e. The molecule has 1 aromatic carbocycles.